The quantitative estimate of drug-likeness (QED) is 0.819. The smallest absolute Gasteiger partial charge is 0.352 e. The third-order valence-corrected chi connectivity index (χ3v) is 5.11. The number of nitrogens with one attached hydrogen (secondary N) is 1. The first kappa shape index (κ1) is 20.4. The van der Waals surface area contributed by atoms with E-state index in [0.29, 0.717) is 43.9 Å². The summed E-state index contributed by atoms with van der Waals surface area (Å²) in [7, 11) is 0. The summed E-state index contributed by atoms with van der Waals surface area (Å²) in [5, 5.41) is 7.36. The molecule has 0 radical (unpaired) electrons. The summed E-state index contributed by atoms with van der Waals surface area (Å²) in [6.45, 7) is 4.48. The van der Waals surface area contributed by atoms with E-state index < -0.39 is 12.7 Å². The predicted molar refractivity (Wildman–Crippen MR) is 100 cm³/mol. The summed E-state index contributed by atoms with van der Waals surface area (Å²) in [4.78, 5) is 14.1. The molecule has 3 rings (SSSR count). The molecule has 1 N–H and O–H groups in total. The van der Waals surface area contributed by atoms with Crippen molar-refractivity contribution in [3.05, 3.63) is 52.8 Å². The average Bonchev–Trinajstić information content (AvgIpc) is 3.16. The molecule has 1 aliphatic heterocycles. The second-order valence-corrected chi connectivity index (χ2v) is 7.40. The molecular formula is C20H25F3N4O. The van der Waals surface area contributed by atoms with Crippen molar-refractivity contribution in [3.8, 4) is 0 Å². The number of halogens is 3. The highest BCUT2D eigenvalue weighted by atomic mass is 19.4. The van der Waals surface area contributed by atoms with Gasteiger partial charge in [-0.05, 0) is 38.3 Å². The molecule has 1 atom stereocenters. The second-order valence-electron chi connectivity index (χ2n) is 7.40. The van der Waals surface area contributed by atoms with E-state index in [1.165, 1.54) is 4.90 Å². The highest BCUT2D eigenvalue weighted by Crippen LogP contribution is 2.22. The number of carbonyl (C=O) groups is 1. The molecule has 2 heterocycles. The molecule has 1 fully saturated rings. The molecule has 5 nitrogen and oxygen atoms in total. The Kier molecular flexibility index (Phi) is 6.07. The lowest BCUT2D eigenvalue weighted by Gasteiger charge is -2.18. The number of hydrogen-bond acceptors (Lipinski definition) is 3. The van der Waals surface area contributed by atoms with E-state index in [0.717, 1.165) is 11.3 Å². The van der Waals surface area contributed by atoms with E-state index >= 15 is 0 Å². The van der Waals surface area contributed by atoms with E-state index in [1.807, 2.05) is 37.3 Å². The molecule has 0 bridgehead atoms. The van der Waals surface area contributed by atoms with Crippen LogP contribution in [0, 0.1) is 19.8 Å². The molecule has 2 aromatic rings. The van der Waals surface area contributed by atoms with Crippen molar-refractivity contribution in [3.63, 3.8) is 0 Å². The maximum absolute atomic E-state index is 12.7. The number of aromatic nitrogens is 2. The minimum absolute atomic E-state index is 0.0336. The van der Waals surface area contributed by atoms with E-state index in [-0.39, 0.29) is 11.8 Å². The predicted octanol–water partition coefficient (Wildman–Crippen LogP) is 3.16. The van der Waals surface area contributed by atoms with Crippen LogP contribution in [0.25, 0.3) is 0 Å². The van der Waals surface area contributed by atoms with Crippen LogP contribution in [0.2, 0.25) is 0 Å². The van der Waals surface area contributed by atoms with Crippen LogP contribution in [0.15, 0.2) is 30.3 Å². The van der Waals surface area contributed by atoms with Gasteiger partial charge in [-0.3, -0.25) is 14.4 Å². The topological polar surface area (TPSA) is 50.2 Å². The van der Waals surface area contributed by atoms with E-state index in [2.05, 4.69) is 10.4 Å². The molecule has 152 valence electrons. The molecular weight excluding hydrogens is 369 g/mol. The number of likely N-dealkylation sites (tertiary alicyclic amines) is 1. The standard InChI is InChI=1S/C20H25F3N4O/c1-14-18(15(2)27(25-14)12-16-6-4-3-5-7-16)19(28)24-10-17-8-9-26(11-17)13-20(21,22)23/h3-7,17H,8-13H2,1-2H3,(H,24,28)/t17-/m0/s1. The normalized spacial score (nSPS) is 17.8. The Labute approximate surface area is 162 Å². The lowest BCUT2D eigenvalue weighted by atomic mass is 10.1. The molecule has 1 aromatic carbocycles. The van der Waals surface area contributed by atoms with Crippen LogP contribution in [0.4, 0.5) is 13.2 Å². The fraction of sp³-hybridized carbons (Fsp3) is 0.500. The summed E-state index contributed by atoms with van der Waals surface area (Å²) >= 11 is 0. The molecule has 1 aliphatic rings. The summed E-state index contributed by atoms with van der Waals surface area (Å²) in [6, 6.07) is 9.87. The average molecular weight is 394 g/mol. The van der Waals surface area contributed by atoms with Crippen LogP contribution in [-0.2, 0) is 6.54 Å². The van der Waals surface area contributed by atoms with Crippen molar-refractivity contribution in [2.45, 2.75) is 33.0 Å². The first-order valence-electron chi connectivity index (χ1n) is 9.38. The van der Waals surface area contributed by atoms with Crippen LogP contribution in [-0.4, -0.2) is 52.9 Å². The maximum Gasteiger partial charge on any atom is 0.401 e. The Hall–Kier alpha value is -2.35. The minimum Gasteiger partial charge on any atom is -0.352 e. The number of alkyl halides is 3. The van der Waals surface area contributed by atoms with Crippen LogP contribution >= 0.6 is 0 Å². The summed E-state index contributed by atoms with van der Waals surface area (Å²) in [5.74, 6) is -0.185. The van der Waals surface area contributed by atoms with Crippen molar-refractivity contribution >= 4 is 5.91 Å². The molecule has 8 heteroatoms. The van der Waals surface area contributed by atoms with Crippen LogP contribution in [0.1, 0.15) is 33.7 Å². The third kappa shape index (κ3) is 5.13. The van der Waals surface area contributed by atoms with E-state index in [9.17, 15) is 18.0 Å². The molecule has 1 aromatic heterocycles. The first-order valence-corrected chi connectivity index (χ1v) is 9.38. The van der Waals surface area contributed by atoms with Crippen molar-refractivity contribution in [1.82, 2.24) is 20.0 Å². The van der Waals surface area contributed by atoms with Gasteiger partial charge in [0.2, 0.25) is 0 Å². The van der Waals surface area contributed by atoms with E-state index in [1.54, 1.807) is 11.6 Å². The molecule has 0 aliphatic carbocycles. The minimum atomic E-state index is -4.18. The van der Waals surface area contributed by atoms with Crippen molar-refractivity contribution in [2.24, 2.45) is 5.92 Å². The molecule has 1 amide bonds. The van der Waals surface area contributed by atoms with Gasteiger partial charge in [-0.2, -0.15) is 18.3 Å². The Bertz CT molecular complexity index is 817. The Morgan fingerprint density at radius 2 is 1.96 bits per heavy atom. The Morgan fingerprint density at radius 1 is 1.25 bits per heavy atom. The Morgan fingerprint density at radius 3 is 2.64 bits per heavy atom. The lowest BCUT2D eigenvalue weighted by molar-refractivity contribution is -0.143. The number of carbonyl (C=O) groups excluding carboxylic acids is 1. The van der Waals surface area contributed by atoms with Crippen LogP contribution in [0.3, 0.4) is 0 Å². The first-order chi connectivity index (χ1) is 13.2. The molecule has 0 unspecified atom stereocenters. The van der Waals surface area contributed by atoms with Gasteiger partial charge in [-0.25, -0.2) is 0 Å². The number of rotatable bonds is 6. The van der Waals surface area contributed by atoms with Crippen LogP contribution in [0.5, 0.6) is 0 Å². The highest BCUT2D eigenvalue weighted by Gasteiger charge is 2.34. The van der Waals surface area contributed by atoms with Gasteiger partial charge in [0, 0.05) is 18.8 Å². The summed E-state index contributed by atoms with van der Waals surface area (Å²) in [6.07, 6.45) is -3.53. The third-order valence-electron chi connectivity index (χ3n) is 5.11. The second kappa shape index (κ2) is 8.34. The zero-order chi connectivity index (χ0) is 20.3. The SMILES string of the molecule is Cc1nn(Cc2ccccc2)c(C)c1C(=O)NC[C@@H]1CCN(CC(F)(F)F)C1. The summed E-state index contributed by atoms with van der Waals surface area (Å²) in [5.41, 5.74) is 3.07. The van der Waals surface area contributed by atoms with Gasteiger partial charge in [-0.15, -0.1) is 0 Å². The van der Waals surface area contributed by atoms with Gasteiger partial charge in [0.15, 0.2) is 0 Å². The lowest BCUT2D eigenvalue weighted by Crippen LogP contribution is -2.35. The number of benzene rings is 1. The molecule has 0 saturated carbocycles. The zero-order valence-electron chi connectivity index (χ0n) is 16.1. The molecule has 0 spiro atoms. The van der Waals surface area contributed by atoms with E-state index in [4.69, 9.17) is 0 Å². The number of hydrogen-bond donors (Lipinski definition) is 1. The van der Waals surface area contributed by atoms with Crippen LogP contribution < -0.4 is 5.32 Å². The number of aryl methyl sites for hydroxylation is 1. The summed E-state index contributed by atoms with van der Waals surface area (Å²) < 4.78 is 39.3. The van der Waals surface area contributed by atoms with Crippen molar-refractivity contribution < 1.29 is 18.0 Å². The number of amides is 1. The largest absolute Gasteiger partial charge is 0.401 e. The molecule has 1 saturated heterocycles. The fourth-order valence-electron chi connectivity index (χ4n) is 3.74. The monoisotopic (exact) mass is 394 g/mol. The van der Waals surface area contributed by atoms with Gasteiger partial charge < -0.3 is 5.32 Å². The zero-order valence-corrected chi connectivity index (χ0v) is 16.1. The maximum atomic E-state index is 12.7. The van der Waals surface area contributed by atoms with Gasteiger partial charge >= 0.3 is 6.18 Å². The van der Waals surface area contributed by atoms with Crippen molar-refractivity contribution in [2.75, 3.05) is 26.2 Å². The highest BCUT2D eigenvalue weighted by molar-refractivity contribution is 5.96. The number of nitrogens with zero attached hydrogens (tertiary/aromatic N) is 3. The van der Waals surface area contributed by atoms with Crippen molar-refractivity contribution in [1.29, 1.82) is 0 Å². The Balaban J connectivity index is 1.58. The fourth-order valence-corrected chi connectivity index (χ4v) is 3.74. The molecule has 28 heavy (non-hydrogen) atoms. The van der Waals surface area contributed by atoms with Gasteiger partial charge in [0.1, 0.15) is 0 Å². The van der Waals surface area contributed by atoms with Gasteiger partial charge in [0.25, 0.3) is 5.91 Å². The van der Waals surface area contributed by atoms with Gasteiger partial charge in [-0.1, -0.05) is 30.3 Å². The van der Waals surface area contributed by atoms with Gasteiger partial charge in [0.05, 0.1) is 24.3 Å².